The van der Waals surface area contributed by atoms with E-state index < -0.39 is 65.6 Å². The van der Waals surface area contributed by atoms with Crippen molar-refractivity contribution >= 4 is 41.0 Å². The third kappa shape index (κ3) is 7.10. The summed E-state index contributed by atoms with van der Waals surface area (Å²) < 4.78 is 18.4. The lowest BCUT2D eigenvalue weighted by Gasteiger charge is -2.39. The van der Waals surface area contributed by atoms with Crippen LogP contribution in [0.2, 0.25) is 5.02 Å². The summed E-state index contributed by atoms with van der Waals surface area (Å²) in [6, 6.07) is 13.3. The predicted octanol–water partition coefficient (Wildman–Crippen LogP) is 4.39. The van der Waals surface area contributed by atoms with Crippen LogP contribution in [0, 0.1) is 11.8 Å². The molecule has 3 amide bonds. The summed E-state index contributed by atoms with van der Waals surface area (Å²) in [5.41, 5.74) is -0.144. The lowest BCUT2D eigenvalue weighted by Crippen LogP contribution is -2.59. The number of carbonyl (C=O) groups excluding carboxylic acids is 4. The molecule has 3 aliphatic heterocycles. The minimum Gasteiger partial charge on any atom is -0.455 e. The summed E-state index contributed by atoms with van der Waals surface area (Å²) in [5, 5.41) is 13.9. The predicted molar refractivity (Wildman–Crippen MR) is 188 cm³/mol. The number of aliphatic hydroxyl groups is 1. The van der Waals surface area contributed by atoms with Crippen molar-refractivity contribution in [1.29, 1.82) is 0 Å². The quantitative estimate of drug-likeness (QED) is 0.183. The molecule has 1 spiro atoms. The van der Waals surface area contributed by atoms with Gasteiger partial charge in [0.1, 0.15) is 17.7 Å². The molecule has 0 saturated carbocycles. The normalized spacial score (nSPS) is 25.4. The standard InChI is InChI=1S/C38H46ClN3O8/c1-5-8-14-30(44)40-28(23-48-4)33(24-12-10-9-11-13-24)49-37(47)31-29-19-20-38(50-29)32(31)35(45)42(26(7-3)22-43)34(38)36(46)41(21-6-2)27-17-15-25(39)16-18-27/h5-6,9-13,15-18,26,28-29,31-34,43H,1-2,7-8,14,19-23H2,3-4H3,(H,40,44)/t26-,28-,29-,31+,32+,33-,34-,38+/m0/s1. The van der Waals surface area contributed by atoms with Gasteiger partial charge in [0.15, 0.2) is 0 Å². The fourth-order valence-corrected chi connectivity index (χ4v) is 7.92. The van der Waals surface area contributed by atoms with E-state index in [2.05, 4.69) is 18.5 Å². The van der Waals surface area contributed by atoms with Gasteiger partial charge in [-0.05, 0) is 55.5 Å². The van der Waals surface area contributed by atoms with E-state index in [1.807, 2.05) is 13.0 Å². The van der Waals surface area contributed by atoms with Crippen molar-refractivity contribution in [3.05, 3.63) is 90.5 Å². The van der Waals surface area contributed by atoms with Crippen LogP contribution in [0.1, 0.15) is 50.7 Å². The van der Waals surface area contributed by atoms with Crippen molar-refractivity contribution in [2.45, 2.75) is 75.0 Å². The van der Waals surface area contributed by atoms with Crippen LogP contribution in [-0.2, 0) is 33.4 Å². The van der Waals surface area contributed by atoms with Crippen LogP contribution >= 0.6 is 11.6 Å². The Morgan fingerprint density at radius 3 is 2.50 bits per heavy atom. The third-order valence-corrected chi connectivity index (χ3v) is 10.3. The Balaban J connectivity index is 1.51. The van der Waals surface area contributed by atoms with Gasteiger partial charge in [-0.3, -0.25) is 19.2 Å². The van der Waals surface area contributed by atoms with Crippen LogP contribution < -0.4 is 10.2 Å². The highest BCUT2D eigenvalue weighted by molar-refractivity contribution is 6.30. The SMILES string of the molecule is C=CCCC(=O)N[C@@H](COC)[C@@H](OC(=O)[C@@H]1[C@@H]2CC[C@]3(O2)[C@H](C(=O)N(CC=C)c2ccc(Cl)cc2)N([C@@H](CC)CO)C(=O)[C@@H]13)c1ccccc1. The summed E-state index contributed by atoms with van der Waals surface area (Å²) in [7, 11) is 1.49. The minimum atomic E-state index is -1.33. The highest BCUT2D eigenvalue weighted by Crippen LogP contribution is 2.59. The van der Waals surface area contributed by atoms with Gasteiger partial charge in [-0.25, -0.2) is 0 Å². The zero-order chi connectivity index (χ0) is 36.0. The molecule has 5 rings (SSSR count). The first-order chi connectivity index (χ1) is 24.1. The van der Waals surface area contributed by atoms with Gasteiger partial charge in [0, 0.05) is 30.8 Å². The van der Waals surface area contributed by atoms with E-state index in [0.29, 0.717) is 42.0 Å². The lowest BCUT2D eigenvalue weighted by atomic mass is 9.70. The van der Waals surface area contributed by atoms with Gasteiger partial charge in [0.25, 0.3) is 5.91 Å². The number of hydrogen-bond donors (Lipinski definition) is 2. The Morgan fingerprint density at radius 2 is 1.88 bits per heavy atom. The molecule has 2 aromatic rings. The molecule has 2 bridgehead atoms. The summed E-state index contributed by atoms with van der Waals surface area (Å²) in [5.74, 6) is -3.83. The average molecular weight is 708 g/mol. The number of anilines is 1. The third-order valence-electron chi connectivity index (χ3n) is 10.0. The first kappa shape index (κ1) is 37.2. The molecule has 11 nitrogen and oxygen atoms in total. The molecular formula is C38H46ClN3O8. The monoisotopic (exact) mass is 707 g/mol. The molecule has 2 N–H and O–H groups in total. The number of amides is 3. The van der Waals surface area contributed by atoms with Gasteiger partial charge in [-0.2, -0.15) is 0 Å². The smallest absolute Gasteiger partial charge is 0.313 e. The average Bonchev–Trinajstić information content (AvgIpc) is 3.77. The number of methoxy groups -OCH3 is 1. The van der Waals surface area contributed by atoms with E-state index >= 15 is 0 Å². The van der Waals surface area contributed by atoms with Gasteiger partial charge in [0.05, 0.1) is 43.2 Å². The highest BCUT2D eigenvalue weighted by atomic mass is 35.5. The molecule has 8 atom stereocenters. The maximum Gasteiger partial charge on any atom is 0.313 e. The Bertz CT molecular complexity index is 1550. The largest absolute Gasteiger partial charge is 0.455 e. The van der Waals surface area contributed by atoms with Crippen LogP contribution in [-0.4, -0.2) is 90.4 Å². The van der Waals surface area contributed by atoms with E-state index in [1.54, 1.807) is 60.7 Å². The van der Waals surface area contributed by atoms with Crippen molar-refractivity contribution in [2.24, 2.45) is 11.8 Å². The summed E-state index contributed by atoms with van der Waals surface area (Å²) in [4.78, 5) is 59.6. The van der Waals surface area contributed by atoms with Crippen LogP contribution in [0.4, 0.5) is 5.69 Å². The molecule has 3 saturated heterocycles. The Kier molecular flexibility index (Phi) is 12.2. The van der Waals surface area contributed by atoms with E-state index in [0.717, 1.165) is 0 Å². The topological polar surface area (TPSA) is 135 Å². The number of allylic oxidation sites excluding steroid dienone is 1. The van der Waals surface area contributed by atoms with E-state index in [9.17, 15) is 24.3 Å². The second-order valence-corrected chi connectivity index (χ2v) is 13.4. The van der Waals surface area contributed by atoms with E-state index in [-0.39, 0.29) is 32.1 Å². The zero-order valence-corrected chi connectivity index (χ0v) is 29.3. The molecule has 2 aromatic carbocycles. The lowest BCUT2D eigenvalue weighted by molar-refractivity contribution is -0.163. The fraction of sp³-hybridized carbons (Fsp3) is 0.474. The number of rotatable bonds is 17. The molecule has 3 aliphatic rings. The van der Waals surface area contributed by atoms with Gasteiger partial charge in [-0.1, -0.05) is 61.0 Å². The molecule has 0 unspecified atom stereocenters. The molecule has 12 heteroatoms. The number of benzene rings is 2. The molecule has 3 fully saturated rings. The van der Waals surface area contributed by atoms with Crippen LogP contribution in [0.25, 0.3) is 0 Å². The highest BCUT2D eigenvalue weighted by Gasteiger charge is 2.75. The molecule has 0 radical (unpaired) electrons. The molecule has 50 heavy (non-hydrogen) atoms. The Labute approximate surface area is 298 Å². The first-order valence-electron chi connectivity index (χ1n) is 17.1. The van der Waals surface area contributed by atoms with Crippen molar-refractivity contribution in [3.63, 3.8) is 0 Å². The number of carbonyl (C=O) groups is 4. The first-order valence-corrected chi connectivity index (χ1v) is 17.5. The van der Waals surface area contributed by atoms with E-state index in [1.165, 1.54) is 16.9 Å². The zero-order valence-electron chi connectivity index (χ0n) is 28.5. The van der Waals surface area contributed by atoms with Crippen molar-refractivity contribution in [3.8, 4) is 0 Å². The summed E-state index contributed by atoms with van der Waals surface area (Å²) in [6.07, 6.45) is 3.45. The number of fused-ring (bicyclic) bond motifs is 1. The van der Waals surface area contributed by atoms with Gasteiger partial charge >= 0.3 is 5.97 Å². The second-order valence-electron chi connectivity index (χ2n) is 13.0. The minimum absolute atomic E-state index is 0.0480. The second kappa shape index (κ2) is 16.3. The number of likely N-dealkylation sites (tertiary alicyclic amines) is 1. The number of hydrogen-bond acceptors (Lipinski definition) is 8. The van der Waals surface area contributed by atoms with Gasteiger partial charge in [0.2, 0.25) is 11.8 Å². The maximum atomic E-state index is 14.7. The number of esters is 1. The number of halogens is 1. The fourth-order valence-electron chi connectivity index (χ4n) is 7.79. The summed E-state index contributed by atoms with van der Waals surface area (Å²) >= 11 is 6.15. The molecular weight excluding hydrogens is 662 g/mol. The summed E-state index contributed by atoms with van der Waals surface area (Å²) in [6.45, 7) is 9.16. The van der Waals surface area contributed by atoms with E-state index in [4.69, 9.17) is 25.8 Å². The van der Waals surface area contributed by atoms with Crippen molar-refractivity contribution in [1.82, 2.24) is 10.2 Å². The molecule has 3 heterocycles. The molecule has 268 valence electrons. The number of aliphatic hydroxyl groups excluding tert-OH is 1. The van der Waals surface area contributed by atoms with Gasteiger partial charge in [-0.15, -0.1) is 13.2 Å². The number of ether oxygens (including phenoxy) is 3. The van der Waals surface area contributed by atoms with Crippen molar-refractivity contribution in [2.75, 3.05) is 31.8 Å². The van der Waals surface area contributed by atoms with Crippen LogP contribution in [0.3, 0.4) is 0 Å². The molecule has 0 aromatic heterocycles. The maximum absolute atomic E-state index is 14.7. The number of nitrogens with one attached hydrogen (secondary N) is 1. The Morgan fingerprint density at radius 1 is 1.16 bits per heavy atom. The van der Waals surface area contributed by atoms with Crippen LogP contribution in [0.15, 0.2) is 79.9 Å². The van der Waals surface area contributed by atoms with Crippen LogP contribution in [0.5, 0.6) is 0 Å². The van der Waals surface area contributed by atoms with Gasteiger partial charge < -0.3 is 34.4 Å². The Hall–Kier alpha value is -4.03. The molecule has 0 aliphatic carbocycles. The van der Waals surface area contributed by atoms with Crippen molar-refractivity contribution < 1.29 is 38.5 Å². The number of nitrogens with zero attached hydrogens (tertiary/aromatic N) is 2.